The average molecular weight is 421 g/mol. The van der Waals surface area contributed by atoms with Crippen molar-refractivity contribution in [1.29, 1.82) is 0 Å². The van der Waals surface area contributed by atoms with E-state index < -0.39 is 16.1 Å². The molecule has 0 spiro atoms. The summed E-state index contributed by atoms with van der Waals surface area (Å²) in [5, 5.41) is 13.4. The summed E-state index contributed by atoms with van der Waals surface area (Å²) in [7, 11) is -1.95. The van der Waals surface area contributed by atoms with Gasteiger partial charge in [-0.05, 0) is 49.2 Å². The van der Waals surface area contributed by atoms with Crippen LogP contribution in [-0.4, -0.2) is 63.3 Å². The molecule has 0 radical (unpaired) electrons. The van der Waals surface area contributed by atoms with Gasteiger partial charge < -0.3 is 19.9 Å². The molecule has 29 heavy (non-hydrogen) atoms. The molecule has 0 unspecified atom stereocenters. The van der Waals surface area contributed by atoms with Gasteiger partial charge in [0.1, 0.15) is 24.2 Å². The van der Waals surface area contributed by atoms with Crippen molar-refractivity contribution in [1.82, 2.24) is 9.62 Å². The Bertz CT molecular complexity index is 850. The van der Waals surface area contributed by atoms with Crippen molar-refractivity contribution >= 4 is 10.0 Å². The van der Waals surface area contributed by atoms with Crippen LogP contribution in [0.15, 0.2) is 59.5 Å². The first-order valence-corrected chi connectivity index (χ1v) is 11.2. The molecule has 2 N–H and O–H groups in total. The summed E-state index contributed by atoms with van der Waals surface area (Å²) in [5.41, 5.74) is 0. The van der Waals surface area contributed by atoms with Crippen molar-refractivity contribution in [3.8, 4) is 11.5 Å². The minimum atomic E-state index is -3.50. The molecule has 2 aromatic carbocycles. The maximum atomic E-state index is 12.8. The maximum absolute atomic E-state index is 12.8. The molecule has 7 nitrogen and oxygen atoms in total. The van der Waals surface area contributed by atoms with Crippen LogP contribution in [-0.2, 0) is 10.0 Å². The van der Waals surface area contributed by atoms with E-state index >= 15 is 0 Å². The van der Waals surface area contributed by atoms with Crippen LogP contribution in [0.25, 0.3) is 0 Å². The molecule has 1 saturated heterocycles. The summed E-state index contributed by atoms with van der Waals surface area (Å²) in [6.45, 7) is 1.51. The molecule has 2 aromatic rings. The van der Waals surface area contributed by atoms with Crippen LogP contribution in [0.2, 0.25) is 0 Å². The fourth-order valence-corrected chi connectivity index (χ4v) is 4.74. The monoisotopic (exact) mass is 420 g/mol. The van der Waals surface area contributed by atoms with Gasteiger partial charge in [0.15, 0.2) is 0 Å². The SMILES string of the molecule is COc1ccc(S(=O)(=O)N2CCC(NC[C@H](O)COc3ccccc3)CC2)cc1. The molecule has 1 atom stereocenters. The van der Waals surface area contributed by atoms with Crippen molar-refractivity contribution in [2.24, 2.45) is 0 Å². The molecule has 1 aliphatic rings. The third-order valence-electron chi connectivity index (χ3n) is 4.98. The third kappa shape index (κ3) is 5.93. The lowest BCUT2D eigenvalue weighted by Crippen LogP contribution is -2.47. The van der Waals surface area contributed by atoms with Crippen LogP contribution in [0.1, 0.15) is 12.8 Å². The summed E-state index contributed by atoms with van der Waals surface area (Å²) < 4.78 is 37.7. The molecular weight excluding hydrogens is 392 g/mol. The molecule has 0 bridgehead atoms. The van der Waals surface area contributed by atoms with Crippen molar-refractivity contribution in [3.05, 3.63) is 54.6 Å². The first-order valence-electron chi connectivity index (χ1n) is 9.72. The number of methoxy groups -OCH3 is 1. The Kier molecular flexibility index (Phi) is 7.49. The van der Waals surface area contributed by atoms with Crippen molar-refractivity contribution in [3.63, 3.8) is 0 Å². The highest BCUT2D eigenvalue weighted by molar-refractivity contribution is 7.89. The van der Waals surface area contributed by atoms with E-state index in [0.717, 1.165) is 5.75 Å². The topological polar surface area (TPSA) is 88.1 Å². The average Bonchev–Trinajstić information content (AvgIpc) is 2.77. The minimum Gasteiger partial charge on any atom is -0.497 e. The van der Waals surface area contributed by atoms with E-state index in [9.17, 15) is 13.5 Å². The van der Waals surface area contributed by atoms with Crippen LogP contribution < -0.4 is 14.8 Å². The highest BCUT2D eigenvalue weighted by atomic mass is 32.2. The molecule has 0 aliphatic carbocycles. The summed E-state index contributed by atoms with van der Waals surface area (Å²) >= 11 is 0. The van der Waals surface area contributed by atoms with Crippen molar-refractivity contribution in [2.45, 2.75) is 29.9 Å². The second-order valence-corrected chi connectivity index (χ2v) is 8.98. The van der Waals surface area contributed by atoms with Crippen LogP contribution in [0.4, 0.5) is 0 Å². The van der Waals surface area contributed by atoms with Gasteiger partial charge in [-0.2, -0.15) is 4.31 Å². The number of benzene rings is 2. The maximum Gasteiger partial charge on any atom is 0.243 e. The quantitative estimate of drug-likeness (QED) is 0.644. The van der Waals surface area contributed by atoms with Gasteiger partial charge in [-0.25, -0.2) is 8.42 Å². The van der Waals surface area contributed by atoms with Crippen LogP contribution >= 0.6 is 0 Å². The number of hydrogen-bond donors (Lipinski definition) is 2. The lowest BCUT2D eigenvalue weighted by Gasteiger charge is -2.32. The predicted molar refractivity (Wildman–Crippen MR) is 111 cm³/mol. The molecule has 1 heterocycles. The zero-order chi connectivity index (χ0) is 20.7. The standard InChI is InChI=1S/C21H28N2O5S/c1-27-19-7-9-21(10-8-19)29(25,26)23-13-11-17(12-14-23)22-15-18(24)16-28-20-5-3-2-4-6-20/h2-10,17-18,22,24H,11-16H2,1H3/t18-/m0/s1. The smallest absolute Gasteiger partial charge is 0.243 e. The first kappa shape index (κ1) is 21.6. The van der Waals surface area contributed by atoms with Crippen LogP contribution in [0.5, 0.6) is 11.5 Å². The number of aliphatic hydroxyl groups excluding tert-OH is 1. The van der Waals surface area contributed by atoms with E-state index in [4.69, 9.17) is 9.47 Å². The number of para-hydroxylation sites is 1. The first-order chi connectivity index (χ1) is 14.0. The molecule has 8 heteroatoms. The Morgan fingerprint density at radius 2 is 1.72 bits per heavy atom. The number of aliphatic hydroxyl groups is 1. The third-order valence-corrected chi connectivity index (χ3v) is 6.89. The lowest BCUT2D eigenvalue weighted by molar-refractivity contribution is 0.101. The van der Waals surface area contributed by atoms with E-state index in [1.165, 1.54) is 4.31 Å². The van der Waals surface area contributed by atoms with E-state index in [1.54, 1.807) is 31.4 Å². The highest BCUT2D eigenvalue weighted by Gasteiger charge is 2.29. The fourth-order valence-electron chi connectivity index (χ4n) is 3.27. The second-order valence-electron chi connectivity index (χ2n) is 7.04. The zero-order valence-corrected chi connectivity index (χ0v) is 17.3. The van der Waals surface area contributed by atoms with Gasteiger partial charge in [0.25, 0.3) is 0 Å². The normalized spacial score (nSPS) is 17.0. The van der Waals surface area contributed by atoms with Crippen molar-refractivity contribution in [2.75, 3.05) is 33.4 Å². The number of hydrogen-bond acceptors (Lipinski definition) is 6. The largest absolute Gasteiger partial charge is 0.497 e. The molecule has 1 fully saturated rings. The van der Waals surface area contributed by atoms with E-state index in [-0.39, 0.29) is 17.5 Å². The molecular formula is C21H28N2O5S. The van der Waals surface area contributed by atoms with Gasteiger partial charge in [0.05, 0.1) is 12.0 Å². The summed E-state index contributed by atoms with van der Waals surface area (Å²) in [4.78, 5) is 0.276. The summed E-state index contributed by atoms with van der Waals surface area (Å²) in [5.74, 6) is 1.35. The van der Waals surface area contributed by atoms with Gasteiger partial charge in [-0.3, -0.25) is 0 Å². The Morgan fingerprint density at radius 1 is 1.07 bits per heavy atom. The number of nitrogens with one attached hydrogen (secondary N) is 1. The van der Waals surface area contributed by atoms with E-state index in [0.29, 0.717) is 38.2 Å². The number of rotatable bonds is 9. The van der Waals surface area contributed by atoms with Gasteiger partial charge >= 0.3 is 0 Å². The summed E-state index contributed by atoms with van der Waals surface area (Å²) in [6.07, 6.45) is 0.764. The number of sulfonamides is 1. The van der Waals surface area contributed by atoms with Gasteiger partial charge in [-0.1, -0.05) is 18.2 Å². The minimum absolute atomic E-state index is 0.170. The summed E-state index contributed by atoms with van der Waals surface area (Å²) in [6, 6.07) is 16.0. The highest BCUT2D eigenvalue weighted by Crippen LogP contribution is 2.22. The molecule has 0 amide bonds. The van der Waals surface area contributed by atoms with Crippen LogP contribution in [0, 0.1) is 0 Å². The van der Waals surface area contributed by atoms with Gasteiger partial charge in [0, 0.05) is 25.7 Å². The lowest BCUT2D eigenvalue weighted by atomic mass is 10.1. The Labute approximate surface area is 172 Å². The Hall–Kier alpha value is -2.13. The fraction of sp³-hybridized carbons (Fsp3) is 0.429. The number of nitrogens with zero attached hydrogens (tertiary/aromatic N) is 1. The Balaban J connectivity index is 1.42. The zero-order valence-electron chi connectivity index (χ0n) is 16.5. The molecule has 1 aliphatic heterocycles. The molecule has 0 aromatic heterocycles. The second kappa shape index (κ2) is 10.1. The van der Waals surface area contributed by atoms with E-state index in [2.05, 4.69) is 5.32 Å². The van der Waals surface area contributed by atoms with Gasteiger partial charge in [-0.15, -0.1) is 0 Å². The van der Waals surface area contributed by atoms with Crippen molar-refractivity contribution < 1.29 is 23.0 Å². The number of ether oxygens (including phenoxy) is 2. The van der Waals surface area contributed by atoms with Crippen LogP contribution in [0.3, 0.4) is 0 Å². The Morgan fingerprint density at radius 3 is 2.34 bits per heavy atom. The molecule has 0 saturated carbocycles. The van der Waals surface area contributed by atoms with Gasteiger partial charge in [0.2, 0.25) is 10.0 Å². The molecule has 158 valence electrons. The predicted octanol–water partition coefficient (Wildman–Crippen LogP) is 1.88. The number of piperidine rings is 1. The molecule has 3 rings (SSSR count). The van der Waals surface area contributed by atoms with E-state index in [1.807, 2.05) is 30.3 Å².